The lowest BCUT2D eigenvalue weighted by molar-refractivity contribution is -0.149. The fourth-order valence-electron chi connectivity index (χ4n) is 18.3. The number of benzene rings is 3. The highest BCUT2D eigenvalue weighted by molar-refractivity contribution is 8.00. The van der Waals surface area contributed by atoms with Crippen molar-refractivity contribution in [2.75, 3.05) is 76.0 Å². The molecule has 0 unspecified atom stereocenters. The number of para-hydroxylation sites is 2. The van der Waals surface area contributed by atoms with Gasteiger partial charge in [-0.05, 0) is 129 Å². The van der Waals surface area contributed by atoms with E-state index in [0.29, 0.717) is 57.8 Å². The van der Waals surface area contributed by atoms with Gasteiger partial charge in [0, 0.05) is 125 Å². The summed E-state index contributed by atoms with van der Waals surface area (Å²) >= 11 is 0.773. The SMILES string of the molecule is CCCC[C@H]1C(=O)N(C)[C@@H](CCCC)C(=O)N[C@@H](CC(C)C)C(=O)N[C@H](C(=O)NCC(N)=O)CSCC(=O)N[C@@H](Cc2ccc(O)cc2)C(=O)N(C)[C@@H](C)C(=O)N[C@@H](CC(N)=O)C(=O)N2CCC[C@H]2C(=O)N[C@@H](CNc2ccc(C#N)cn2)C(=O)N[C@@H](CC(C)C)C(=O)N2C[C@H](O)C[C@H]2C(=O)N[C@@H](Cc2c[nH]c3ccccc23)C(=O)N[C@@H](CCNc2ccc(C#N)cn2)C(=O)N[C@@H](Cc2cn(CC(=O)O)c3ccccc23)C(=O)N1C. The lowest BCUT2D eigenvalue weighted by Crippen LogP contribution is -2.61. The van der Waals surface area contributed by atoms with Crippen LogP contribution in [-0.4, -0.2) is 322 Å². The molecule has 7 heterocycles. The van der Waals surface area contributed by atoms with Crippen LogP contribution in [0.5, 0.6) is 5.75 Å². The molecule has 20 N–H and O–H groups in total. The Morgan fingerprint density at radius 1 is 0.547 bits per heavy atom. The Morgan fingerprint density at radius 2 is 1.09 bits per heavy atom. The fourth-order valence-corrected chi connectivity index (χ4v) is 19.2. The third-order valence-electron chi connectivity index (χ3n) is 26.4. The fraction of sp³-hybridized carbons (Fsp3) is 0.495. The number of aliphatic hydroxyl groups is 1. The van der Waals surface area contributed by atoms with Gasteiger partial charge in [-0.15, -0.1) is 11.8 Å². The van der Waals surface area contributed by atoms with Gasteiger partial charge in [-0.1, -0.05) is 116 Å². The van der Waals surface area contributed by atoms with E-state index in [0.717, 1.165) is 36.3 Å². The van der Waals surface area contributed by atoms with E-state index < -0.39 is 260 Å². The summed E-state index contributed by atoms with van der Waals surface area (Å²) in [6.07, 6.45) is 2.78. The Balaban J connectivity index is 1.07. The second-order valence-corrected chi connectivity index (χ2v) is 39.7. The van der Waals surface area contributed by atoms with Gasteiger partial charge in [-0.2, -0.15) is 10.5 Å². The molecular weight excluding hydrogens is 1960 g/mol. The topological polar surface area (TPSA) is 675 Å². The minimum Gasteiger partial charge on any atom is -0.508 e. The van der Waals surface area contributed by atoms with E-state index >= 15 is 52.7 Å². The number of anilines is 2. The monoisotopic (exact) mass is 2090 g/mol. The van der Waals surface area contributed by atoms with E-state index in [9.17, 15) is 59.4 Å². The number of rotatable bonds is 30. The number of carbonyl (C=O) groups excluding carboxylic acids is 17. The molecule has 4 aromatic heterocycles. The predicted octanol–water partition coefficient (Wildman–Crippen LogP) is 0.602. The van der Waals surface area contributed by atoms with Crippen molar-refractivity contribution in [2.45, 2.75) is 248 Å². The lowest BCUT2D eigenvalue weighted by Gasteiger charge is -2.36. The zero-order valence-electron chi connectivity index (χ0n) is 85.6. The number of hydrogen-bond donors (Lipinski definition) is 18. The van der Waals surface area contributed by atoms with Gasteiger partial charge in [0.2, 0.25) is 100 Å². The molecule has 0 spiro atoms. The highest BCUT2D eigenvalue weighted by Crippen LogP contribution is 2.30. The standard InChI is InChI=1S/C103H135N25O21S/c1-11-13-23-80-96(142)116-71(38-57(3)4)93(139)122-78(91(137)113-51-85(107)132)55-150-56-88(133)114-74(40-60-27-31-65(129)32-28-60)99(145)123(8)59(7)90(136)118-76(44-84(106)131)101(147)127-37-19-26-81(127)97(143)121-77(50-112-87-34-30-62(46-105)48-111-87)95(141)119-73(39-58(5)6)102(148)128-53-66(130)43-83(128)98(144)117-72(41-63-49-109-69-22-17-15-20-67(63)69)94(140)115-70(35-36-108-86-33-29-61(45-104)47-110-86)92(138)120-75(100(146)125(10)82(24-14-12-2)103(149)124(80)9)42-64-52-126(54-89(134)135)79-25-18-16-21-68(64)79/h15-18,20-22,25,27-34,47-49,52,57-59,66,70-78,80-83,109,129-130H,11-14,19,23-24,26,35-44,50-51,53-56H2,1-10H3,(H2,106,131)(H2,107,132)(H,108,110)(H,111,112)(H,113,137)(H,114,133)(H,115,140)(H,116,142)(H,117,144)(H,118,136)(H,119,141)(H,120,138)(H,121,143)(H,122,139)(H,134,135)/t59-,66+,70-,71-,72-,73-,74-,75-,76-,77-,78-,80-,81-,82-,83-/m0/s1. The molecule has 0 saturated carbocycles. The maximum atomic E-state index is 16.3. The number of aromatic amines is 1. The highest BCUT2D eigenvalue weighted by atomic mass is 32.2. The van der Waals surface area contributed by atoms with E-state index in [-0.39, 0.29) is 112 Å². The van der Waals surface area contributed by atoms with Crippen molar-refractivity contribution in [3.63, 3.8) is 0 Å². The number of likely N-dealkylation sites (N-methyl/N-ethyl adjacent to an activating group) is 3. The number of nitrogens with two attached hydrogens (primary N) is 2. The number of unbranched alkanes of at least 4 members (excludes halogenated alkanes) is 2. The largest absolute Gasteiger partial charge is 0.508 e. The number of nitrogens with zero attached hydrogens (tertiary/aromatic N) is 10. The maximum Gasteiger partial charge on any atom is 0.323 e. The summed E-state index contributed by atoms with van der Waals surface area (Å²) in [4.78, 5) is 285. The summed E-state index contributed by atoms with van der Waals surface area (Å²) in [6.45, 7) is 9.22. The number of H-pyrrole nitrogens is 1. The Morgan fingerprint density at radius 3 is 1.73 bits per heavy atom. The minimum absolute atomic E-state index is 0.0243. The van der Waals surface area contributed by atoms with Crippen LogP contribution in [0.15, 0.2) is 122 Å². The lowest BCUT2D eigenvalue weighted by atomic mass is 9.99. The number of carboxylic acids is 1. The van der Waals surface area contributed by atoms with Crippen LogP contribution in [0.25, 0.3) is 21.8 Å². The van der Waals surface area contributed by atoms with Gasteiger partial charge in [0.1, 0.15) is 121 Å². The van der Waals surface area contributed by atoms with Crippen LogP contribution >= 0.6 is 11.8 Å². The molecular formula is C103H135N25O21S. The average molecular weight is 2090 g/mol. The van der Waals surface area contributed by atoms with Crippen LogP contribution in [0.4, 0.5) is 11.6 Å². The number of phenolic OH excluding ortho intramolecular Hbond substituents is 1. The van der Waals surface area contributed by atoms with Gasteiger partial charge in [0.15, 0.2) is 0 Å². The van der Waals surface area contributed by atoms with Gasteiger partial charge in [-0.3, -0.25) is 86.3 Å². The zero-order chi connectivity index (χ0) is 109. The van der Waals surface area contributed by atoms with Gasteiger partial charge < -0.3 is 125 Å². The number of phenols is 1. The number of aromatic nitrogens is 4. The van der Waals surface area contributed by atoms with E-state index in [1.807, 2.05) is 26.0 Å². The van der Waals surface area contributed by atoms with Crippen molar-refractivity contribution in [3.05, 3.63) is 150 Å². The molecule has 3 saturated heterocycles. The Hall–Kier alpha value is -15.8. The van der Waals surface area contributed by atoms with Crippen LogP contribution in [0, 0.1) is 34.5 Å². The molecule has 0 radical (unpaired) electrons. The Bertz CT molecular complexity index is 6110. The van der Waals surface area contributed by atoms with Crippen LogP contribution in [0.3, 0.4) is 0 Å². The number of primary amides is 2. The third-order valence-corrected chi connectivity index (χ3v) is 27.4. The number of carbonyl (C=O) groups is 18. The first-order valence-corrected chi connectivity index (χ1v) is 51.2. The third kappa shape index (κ3) is 32.4. The van der Waals surface area contributed by atoms with Crippen molar-refractivity contribution >= 4 is 152 Å². The van der Waals surface area contributed by atoms with Crippen molar-refractivity contribution in [2.24, 2.45) is 23.3 Å². The number of aliphatic carboxylic acids is 1. The predicted molar refractivity (Wildman–Crippen MR) is 551 cm³/mol. The molecule has 47 heteroatoms. The number of nitriles is 2. The number of fused-ring (bicyclic) bond motifs is 4. The second-order valence-electron chi connectivity index (χ2n) is 38.7. The van der Waals surface area contributed by atoms with Crippen LogP contribution in [-0.2, 0) is 112 Å². The quantitative estimate of drug-likeness (QED) is 0.0293. The number of aliphatic hydroxyl groups excluding tert-OH is 1. The average Bonchev–Trinajstić information content (AvgIpc) is 1.64. The molecule has 804 valence electrons. The van der Waals surface area contributed by atoms with Crippen molar-refractivity contribution in [3.8, 4) is 17.9 Å². The number of aromatic hydroxyl groups is 1. The van der Waals surface area contributed by atoms with Gasteiger partial charge in [0.05, 0.1) is 35.9 Å². The molecule has 3 aromatic carbocycles. The first kappa shape index (κ1) is 116. The van der Waals surface area contributed by atoms with Crippen molar-refractivity contribution in [1.29, 1.82) is 10.5 Å². The number of nitrogens with one attached hydrogen (secondary N) is 13. The number of pyridine rings is 2. The minimum atomic E-state index is -1.82. The van der Waals surface area contributed by atoms with Crippen LogP contribution < -0.4 is 75.3 Å². The molecule has 150 heavy (non-hydrogen) atoms. The summed E-state index contributed by atoms with van der Waals surface area (Å²) < 4.78 is 1.43. The number of thioether (sulfide) groups is 1. The van der Waals surface area contributed by atoms with E-state index in [4.69, 9.17) is 11.5 Å². The second kappa shape index (κ2) is 55.3. The first-order valence-electron chi connectivity index (χ1n) is 50.0. The molecule has 7 aromatic rings. The van der Waals surface area contributed by atoms with Crippen LogP contribution in [0.1, 0.15) is 160 Å². The first-order chi connectivity index (χ1) is 71.5. The molecule has 3 aliphatic rings. The number of hydrogen-bond acceptors (Lipinski definition) is 27. The molecule has 3 fully saturated rings. The molecule has 0 bridgehead atoms. The van der Waals surface area contributed by atoms with Gasteiger partial charge in [-0.25, -0.2) is 9.97 Å². The molecule has 46 nitrogen and oxygen atoms in total. The Labute approximate surface area is 871 Å². The zero-order valence-corrected chi connectivity index (χ0v) is 86.4. The molecule has 0 aliphatic carbocycles. The molecule has 10 rings (SSSR count). The summed E-state index contributed by atoms with van der Waals surface area (Å²) in [7, 11) is 3.89. The highest BCUT2D eigenvalue weighted by Gasteiger charge is 2.47. The summed E-state index contributed by atoms with van der Waals surface area (Å²) in [5.74, 6) is -19.2. The summed E-state index contributed by atoms with van der Waals surface area (Å²) in [5, 5.41) is 85.7. The summed E-state index contributed by atoms with van der Waals surface area (Å²) in [5.41, 5.74) is 13.8. The van der Waals surface area contributed by atoms with E-state index in [1.54, 1.807) is 82.4 Å². The van der Waals surface area contributed by atoms with Gasteiger partial charge >= 0.3 is 5.97 Å². The maximum absolute atomic E-state index is 16.3. The van der Waals surface area contributed by atoms with E-state index in [2.05, 4.69) is 78.8 Å². The summed E-state index contributed by atoms with van der Waals surface area (Å²) in [6, 6.07) is 6.67. The molecule has 15 atom stereocenters. The number of amides is 17. The van der Waals surface area contributed by atoms with Crippen molar-refractivity contribution < 1.29 is 102 Å². The molecule has 3 aliphatic heterocycles. The normalized spacial score (nSPS) is 23.3. The smallest absolute Gasteiger partial charge is 0.323 e. The Kier molecular flexibility index (Phi) is 42.8. The van der Waals surface area contributed by atoms with Gasteiger partial charge in [0.25, 0.3) is 0 Å². The number of carboxylic acid groups (broad SMARTS) is 1. The molecule has 17 amide bonds. The van der Waals surface area contributed by atoms with E-state index in [1.165, 1.54) is 99.8 Å². The van der Waals surface area contributed by atoms with Crippen LogP contribution in [0.2, 0.25) is 0 Å². The van der Waals surface area contributed by atoms with Crippen molar-refractivity contribution in [1.82, 2.24) is 97.2 Å².